The van der Waals surface area contributed by atoms with Gasteiger partial charge in [0.25, 0.3) is 0 Å². The van der Waals surface area contributed by atoms with E-state index in [1.807, 2.05) is 0 Å². The number of piperidine rings is 1. The van der Waals surface area contributed by atoms with Crippen LogP contribution >= 0.6 is 0 Å². The fourth-order valence-corrected chi connectivity index (χ4v) is 3.43. The highest BCUT2D eigenvalue weighted by Gasteiger charge is 2.50. The summed E-state index contributed by atoms with van der Waals surface area (Å²) in [6.45, 7) is 3.55. The topological polar surface area (TPSA) is 23.5 Å². The van der Waals surface area contributed by atoms with E-state index >= 15 is 0 Å². The van der Waals surface area contributed by atoms with E-state index in [-0.39, 0.29) is 5.60 Å². The van der Waals surface area contributed by atoms with Gasteiger partial charge in [0.2, 0.25) is 0 Å². The third-order valence-electron chi connectivity index (χ3n) is 4.62. The van der Waals surface area contributed by atoms with Crippen molar-refractivity contribution in [1.29, 1.82) is 0 Å². The first-order valence-corrected chi connectivity index (χ1v) is 5.74. The van der Waals surface area contributed by atoms with Crippen LogP contribution in [0.4, 0.5) is 0 Å². The first kappa shape index (κ1) is 8.25. The lowest BCUT2D eigenvalue weighted by atomic mass is 9.65. The molecule has 0 aromatic heterocycles. The van der Waals surface area contributed by atoms with Gasteiger partial charge >= 0.3 is 0 Å². The molecular formula is C11H19NO. The molecule has 3 aliphatic rings. The molecule has 13 heavy (non-hydrogen) atoms. The first-order valence-electron chi connectivity index (χ1n) is 5.74. The van der Waals surface area contributed by atoms with Gasteiger partial charge < -0.3 is 10.0 Å². The summed E-state index contributed by atoms with van der Waals surface area (Å²) in [4.78, 5) is 2.51. The molecule has 2 aliphatic heterocycles. The minimum Gasteiger partial charge on any atom is -0.389 e. The molecule has 0 amide bonds. The van der Waals surface area contributed by atoms with E-state index in [9.17, 15) is 5.11 Å². The van der Waals surface area contributed by atoms with Gasteiger partial charge in [-0.05, 0) is 38.1 Å². The third kappa shape index (κ3) is 1.08. The molecule has 2 heterocycles. The monoisotopic (exact) mass is 181 g/mol. The number of aliphatic hydroxyl groups is 1. The van der Waals surface area contributed by atoms with Crippen LogP contribution < -0.4 is 0 Å². The second-order valence-electron chi connectivity index (χ2n) is 5.16. The van der Waals surface area contributed by atoms with Gasteiger partial charge in [-0.1, -0.05) is 6.42 Å². The molecule has 3 fully saturated rings. The van der Waals surface area contributed by atoms with Crippen LogP contribution in [0.1, 0.15) is 32.1 Å². The van der Waals surface area contributed by atoms with Gasteiger partial charge in [-0.25, -0.2) is 0 Å². The molecule has 74 valence electrons. The molecule has 0 radical (unpaired) electrons. The van der Waals surface area contributed by atoms with Gasteiger partial charge in [0.15, 0.2) is 0 Å². The van der Waals surface area contributed by atoms with E-state index in [4.69, 9.17) is 0 Å². The summed E-state index contributed by atoms with van der Waals surface area (Å²) in [7, 11) is 0. The number of nitrogens with zero attached hydrogens (tertiary/aromatic N) is 1. The molecular weight excluding hydrogens is 162 g/mol. The van der Waals surface area contributed by atoms with Crippen molar-refractivity contribution in [2.75, 3.05) is 19.6 Å². The van der Waals surface area contributed by atoms with Crippen molar-refractivity contribution in [2.45, 2.75) is 37.7 Å². The molecule has 2 bridgehead atoms. The number of fused-ring (bicyclic) bond motifs is 2. The van der Waals surface area contributed by atoms with Gasteiger partial charge in [0.1, 0.15) is 0 Å². The summed E-state index contributed by atoms with van der Waals surface area (Å²) in [5.41, 5.74) is -0.259. The molecule has 2 nitrogen and oxygen atoms in total. The minimum atomic E-state index is -0.259. The number of rotatable bonds is 1. The van der Waals surface area contributed by atoms with E-state index < -0.39 is 0 Å². The second-order valence-corrected chi connectivity index (χ2v) is 5.16. The highest BCUT2D eigenvalue weighted by Crippen LogP contribution is 2.47. The van der Waals surface area contributed by atoms with Gasteiger partial charge in [-0.3, -0.25) is 0 Å². The van der Waals surface area contributed by atoms with Gasteiger partial charge in [0.05, 0.1) is 5.60 Å². The van der Waals surface area contributed by atoms with Crippen LogP contribution in [0.3, 0.4) is 0 Å². The Morgan fingerprint density at radius 1 is 1.08 bits per heavy atom. The van der Waals surface area contributed by atoms with E-state index in [1.165, 1.54) is 38.8 Å². The number of hydrogen-bond donors (Lipinski definition) is 1. The lowest BCUT2D eigenvalue weighted by Gasteiger charge is -2.48. The molecule has 2 heteroatoms. The predicted molar refractivity (Wildman–Crippen MR) is 51.5 cm³/mol. The second kappa shape index (κ2) is 2.71. The van der Waals surface area contributed by atoms with Crippen molar-refractivity contribution in [2.24, 2.45) is 11.8 Å². The molecule has 1 aliphatic carbocycles. The summed E-state index contributed by atoms with van der Waals surface area (Å²) in [6, 6.07) is 0. The Balaban J connectivity index is 1.80. The average Bonchev–Trinajstić information content (AvgIpc) is 2.40. The van der Waals surface area contributed by atoms with Gasteiger partial charge in [-0.2, -0.15) is 0 Å². The van der Waals surface area contributed by atoms with Crippen molar-refractivity contribution in [1.82, 2.24) is 4.90 Å². The summed E-state index contributed by atoms with van der Waals surface area (Å²) in [6.07, 6.45) is 6.21. The zero-order valence-electron chi connectivity index (χ0n) is 8.21. The molecule has 0 spiro atoms. The van der Waals surface area contributed by atoms with Crippen molar-refractivity contribution < 1.29 is 5.11 Å². The quantitative estimate of drug-likeness (QED) is 0.658. The minimum absolute atomic E-state index is 0.259. The third-order valence-corrected chi connectivity index (χ3v) is 4.62. The highest BCUT2D eigenvalue weighted by molar-refractivity contribution is 5.03. The fourth-order valence-electron chi connectivity index (χ4n) is 3.43. The van der Waals surface area contributed by atoms with Crippen molar-refractivity contribution in [3.05, 3.63) is 0 Å². The summed E-state index contributed by atoms with van der Waals surface area (Å²) < 4.78 is 0. The lowest BCUT2D eigenvalue weighted by Crippen LogP contribution is -2.53. The molecule has 1 N–H and O–H groups in total. The summed E-state index contributed by atoms with van der Waals surface area (Å²) in [5, 5.41) is 10.7. The SMILES string of the molecule is OC1(C2CCC2)CCN2CCC1C2. The lowest BCUT2D eigenvalue weighted by molar-refractivity contribution is -0.113. The zero-order valence-corrected chi connectivity index (χ0v) is 8.21. The first-order chi connectivity index (χ1) is 6.29. The molecule has 2 saturated heterocycles. The summed E-state index contributed by atoms with van der Waals surface area (Å²) in [5.74, 6) is 1.25. The van der Waals surface area contributed by atoms with Crippen LogP contribution in [0.2, 0.25) is 0 Å². The Kier molecular flexibility index (Phi) is 1.72. The van der Waals surface area contributed by atoms with Crippen LogP contribution in [0.15, 0.2) is 0 Å². The maximum absolute atomic E-state index is 10.7. The highest BCUT2D eigenvalue weighted by atomic mass is 16.3. The van der Waals surface area contributed by atoms with Gasteiger partial charge in [-0.15, -0.1) is 0 Å². The fraction of sp³-hybridized carbons (Fsp3) is 1.00. The van der Waals surface area contributed by atoms with E-state index in [2.05, 4.69) is 4.90 Å². The van der Waals surface area contributed by atoms with E-state index in [1.54, 1.807) is 0 Å². The molecule has 0 aromatic rings. The average molecular weight is 181 g/mol. The normalized spacial score (nSPS) is 50.5. The molecule has 3 unspecified atom stereocenters. The summed E-state index contributed by atoms with van der Waals surface area (Å²) >= 11 is 0. The zero-order chi connectivity index (χ0) is 8.89. The maximum atomic E-state index is 10.7. The van der Waals surface area contributed by atoms with Gasteiger partial charge in [0, 0.05) is 19.0 Å². The molecule has 3 rings (SSSR count). The van der Waals surface area contributed by atoms with Crippen LogP contribution in [0, 0.1) is 11.8 Å². The Bertz CT molecular complexity index is 214. The van der Waals surface area contributed by atoms with Crippen molar-refractivity contribution >= 4 is 0 Å². The Morgan fingerprint density at radius 3 is 2.62 bits per heavy atom. The van der Waals surface area contributed by atoms with E-state index in [0.29, 0.717) is 11.8 Å². The maximum Gasteiger partial charge on any atom is 0.0728 e. The Hall–Kier alpha value is -0.0800. The molecule has 0 aromatic carbocycles. The largest absolute Gasteiger partial charge is 0.389 e. The molecule has 3 atom stereocenters. The number of hydrogen-bond acceptors (Lipinski definition) is 2. The van der Waals surface area contributed by atoms with Crippen molar-refractivity contribution in [3.8, 4) is 0 Å². The van der Waals surface area contributed by atoms with Crippen LogP contribution in [0.25, 0.3) is 0 Å². The van der Waals surface area contributed by atoms with Crippen LogP contribution in [0.5, 0.6) is 0 Å². The van der Waals surface area contributed by atoms with Crippen LogP contribution in [-0.4, -0.2) is 35.2 Å². The van der Waals surface area contributed by atoms with Crippen LogP contribution in [-0.2, 0) is 0 Å². The Labute approximate surface area is 79.9 Å². The molecule has 1 saturated carbocycles. The van der Waals surface area contributed by atoms with E-state index in [0.717, 1.165) is 13.0 Å². The Morgan fingerprint density at radius 2 is 1.92 bits per heavy atom. The standard InChI is InChI=1S/C11H19NO/c13-11(9-2-1-3-9)5-7-12-6-4-10(11)8-12/h9-10,13H,1-8H2. The predicted octanol–water partition coefficient (Wildman–Crippen LogP) is 1.24. The smallest absolute Gasteiger partial charge is 0.0728 e. The van der Waals surface area contributed by atoms with Crippen molar-refractivity contribution in [3.63, 3.8) is 0 Å².